The molecule has 10 rings (SSSR count). The van der Waals surface area contributed by atoms with Crippen LogP contribution in [-0.4, -0.2) is 44.5 Å². The molecule has 0 saturated heterocycles. The molecule has 0 radical (unpaired) electrons. The van der Waals surface area contributed by atoms with E-state index in [1.54, 1.807) is 60.7 Å². The van der Waals surface area contributed by atoms with Gasteiger partial charge in [0.05, 0.1) is 64.9 Å². The van der Waals surface area contributed by atoms with Crippen molar-refractivity contribution in [2.75, 3.05) is 0 Å². The summed E-state index contributed by atoms with van der Waals surface area (Å²) in [7, 11) is 0. The monoisotopic (exact) mass is 898 g/mol. The third kappa shape index (κ3) is 6.42. The Kier molecular flexibility index (Phi) is 9.75. The lowest BCUT2D eigenvalue weighted by Crippen LogP contribution is -2.13. The largest absolute Gasteiger partial charge is 0.444 e. The fraction of sp³-hybridized carbons (Fsp3) is 0.0400. The van der Waals surface area contributed by atoms with Crippen LogP contribution in [0.25, 0.3) is 43.6 Å². The number of carbonyl (C=O) groups is 6. The average molecular weight is 899 g/mol. The third-order valence-electron chi connectivity index (χ3n) is 11.1. The van der Waals surface area contributed by atoms with E-state index in [2.05, 4.69) is 0 Å². The average Bonchev–Trinajstić information content (AvgIpc) is 4.16. The molecule has 8 aromatic rings. The summed E-state index contributed by atoms with van der Waals surface area (Å²) < 4.78 is 15.1. The molecule has 312 valence electrons. The number of fused-ring (bicyclic) bond motifs is 7. The fourth-order valence-corrected chi connectivity index (χ4v) is 10.3. The number of nitrogens with zero attached hydrogens (tertiary/aromatic N) is 6. The Morgan fingerprint density at radius 2 is 0.818 bits per heavy atom. The predicted molar refractivity (Wildman–Crippen MR) is 240 cm³/mol. The van der Waals surface area contributed by atoms with E-state index in [1.807, 2.05) is 36.4 Å². The number of thiophene rings is 2. The minimum atomic E-state index is -0.840. The van der Waals surface area contributed by atoms with E-state index in [0.717, 1.165) is 22.7 Å². The van der Waals surface area contributed by atoms with E-state index in [4.69, 9.17) is 9.47 Å². The first-order valence-electron chi connectivity index (χ1n) is 19.7. The SMILES string of the molecule is N#Cc1cc2c(cc1C#N)C(=O)C(=Cc1cc3c(s1)c1c(c4sc(C=C5C(=O)c6cc(C#N)c(C#N)cc6C5=O)cc4n1C(=O)OCc1ccccc1)n3C(=O)OCc1ccccc1)C2=O. The lowest BCUT2D eigenvalue weighted by Gasteiger charge is -2.07. The molecule has 2 aliphatic rings. The second-order valence-electron chi connectivity index (χ2n) is 14.9. The molecule has 0 bridgehead atoms. The lowest BCUT2D eigenvalue weighted by molar-refractivity contribution is 0.0975. The van der Waals surface area contributed by atoms with Gasteiger partial charge in [-0.2, -0.15) is 21.0 Å². The van der Waals surface area contributed by atoms with Crippen LogP contribution in [0, 0.1) is 45.3 Å². The second kappa shape index (κ2) is 15.8. The van der Waals surface area contributed by atoms with Crippen LogP contribution in [0.15, 0.2) is 108 Å². The first-order chi connectivity index (χ1) is 32.0. The summed E-state index contributed by atoms with van der Waals surface area (Å²) >= 11 is 2.15. The number of ketones is 4. The first-order valence-corrected chi connectivity index (χ1v) is 21.3. The van der Waals surface area contributed by atoms with Gasteiger partial charge in [-0.3, -0.25) is 19.2 Å². The van der Waals surface area contributed by atoms with Crippen molar-refractivity contribution in [3.63, 3.8) is 0 Å². The van der Waals surface area contributed by atoms with E-state index in [9.17, 15) is 49.8 Å². The summed E-state index contributed by atoms with van der Waals surface area (Å²) in [6.07, 6.45) is 1.04. The number of hydrogen-bond acceptors (Lipinski definition) is 14. The molecule has 0 fully saturated rings. The molecule has 2 aliphatic carbocycles. The number of ether oxygens (including phenoxy) is 2. The van der Waals surface area contributed by atoms with Gasteiger partial charge in [-0.05, 0) is 59.7 Å². The quantitative estimate of drug-likeness (QED) is 0.112. The van der Waals surface area contributed by atoms with Gasteiger partial charge in [-0.25, -0.2) is 18.7 Å². The van der Waals surface area contributed by atoms with Crippen LogP contribution in [0.5, 0.6) is 0 Å². The molecule has 0 atom stereocenters. The standard InChI is InChI=1S/C50H22N6O8S2/c51-19-27-11-33-34(12-28(27)20-52)44(58)37(43(33)57)15-31-17-39-47(65-31)42-41(55(39)49(61)63-23-25-7-3-1-4-8-25)48-40(56(42)50(62)64-24-26-9-5-2-6-10-26)18-32(66-48)16-38-45(59)35-13-29(21-53)30(22-54)14-36(35)46(38)60/h1-18H,23-24H2. The van der Waals surface area contributed by atoms with Gasteiger partial charge in [0.2, 0.25) is 0 Å². The number of aromatic nitrogens is 2. The van der Waals surface area contributed by atoms with Crippen molar-refractivity contribution in [1.29, 1.82) is 21.0 Å². The van der Waals surface area contributed by atoms with Gasteiger partial charge < -0.3 is 9.47 Å². The number of rotatable bonds is 6. The van der Waals surface area contributed by atoms with Crippen LogP contribution < -0.4 is 0 Å². The topological polar surface area (TPSA) is 226 Å². The van der Waals surface area contributed by atoms with Crippen LogP contribution in [-0.2, 0) is 22.7 Å². The van der Waals surface area contributed by atoms with E-state index < -0.39 is 35.3 Å². The van der Waals surface area contributed by atoms with Gasteiger partial charge in [0.25, 0.3) is 0 Å². The van der Waals surface area contributed by atoms with Gasteiger partial charge in [-0.15, -0.1) is 22.7 Å². The highest BCUT2D eigenvalue weighted by atomic mass is 32.1. The van der Waals surface area contributed by atoms with E-state index in [-0.39, 0.29) is 90.9 Å². The zero-order valence-electron chi connectivity index (χ0n) is 33.6. The Bertz CT molecular complexity index is 3460. The third-order valence-corrected chi connectivity index (χ3v) is 13.3. The van der Waals surface area contributed by atoms with Crippen molar-refractivity contribution >= 4 is 102 Å². The van der Waals surface area contributed by atoms with Crippen LogP contribution in [0.1, 0.15) is 84.6 Å². The molecule has 4 aromatic carbocycles. The normalized spacial score (nSPS) is 12.8. The lowest BCUT2D eigenvalue weighted by atomic mass is 10.0. The van der Waals surface area contributed by atoms with Crippen LogP contribution in [0.3, 0.4) is 0 Å². The smallest absolute Gasteiger partial charge is 0.419 e. The summed E-state index contributed by atoms with van der Waals surface area (Å²) in [4.78, 5) is 84.3. The van der Waals surface area contributed by atoms with Gasteiger partial charge >= 0.3 is 12.2 Å². The highest BCUT2D eigenvalue weighted by molar-refractivity contribution is 7.22. The van der Waals surface area contributed by atoms with Crippen LogP contribution in [0.2, 0.25) is 0 Å². The molecule has 4 heterocycles. The summed E-state index contributed by atoms with van der Waals surface area (Å²) in [5, 5.41) is 38.3. The molecule has 0 amide bonds. The Morgan fingerprint density at radius 1 is 0.500 bits per heavy atom. The highest BCUT2D eigenvalue weighted by Crippen LogP contribution is 2.46. The van der Waals surface area contributed by atoms with E-state index in [1.165, 1.54) is 45.6 Å². The van der Waals surface area contributed by atoms with Crippen molar-refractivity contribution in [2.45, 2.75) is 13.2 Å². The van der Waals surface area contributed by atoms with Gasteiger partial charge in [0, 0.05) is 32.0 Å². The Balaban J connectivity index is 1.16. The summed E-state index contributed by atoms with van der Waals surface area (Å²) in [5.41, 5.74) is 1.55. The number of allylic oxidation sites excluding steroid dienone is 2. The number of benzene rings is 4. The molecule has 4 aromatic heterocycles. The first kappa shape index (κ1) is 40.7. The van der Waals surface area contributed by atoms with E-state index >= 15 is 0 Å². The van der Waals surface area contributed by atoms with Gasteiger partial charge in [-0.1, -0.05) is 60.7 Å². The molecule has 66 heavy (non-hydrogen) atoms. The Hall–Kier alpha value is -9.32. The summed E-state index contributed by atoms with van der Waals surface area (Å²) in [6.45, 7) is -0.260. The van der Waals surface area contributed by atoms with Crippen molar-refractivity contribution in [1.82, 2.24) is 9.13 Å². The number of Topliss-reactive ketones (excluding diaryl/α,β-unsaturated/α-hetero) is 4. The van der Waals surface area contributed by atoms with Crippen molar-refractivity contribution < 1.29 is 38.2 Å². The molecular formula is C50H22N6O8S2. The van der Waals surface area contributed by atoms with Crippen LogP contribution in [0.4, 0.5) is 9.59 Å². The zero-order chi connectivity index (χ0) is 46.0. The Labute approximate surface area is 379 Å². The van der Waals surface area contributed by atoms with Crippen molar-refractivity contribution in [3.8, 4) is 24.3 Å². The second-order valence-corrected chi connectivity index (χ2v) is 17.1. The van der Waals surface area contributed by atoms with Crippen molar-refractivity contribution in [2.24, 2.45) is 0 Å². The summed E-state index contributed by atoms with van der Waals surface area (Å²) in [5.74, 6) is -2.62. The molecule has 0 saturated carbocycles. The van der Waals surface area contributed by atoms with Gasteiger partial charge in [0.15, 0.2) is 23.1 Å². The zero-order valence-corrected chi connectivity index (χ0v) is 35.2. The summed E-state index contributed by atoms with van der Waals surface area (Å²) in [6, 6.07) is 33.4. The fourth-order valence-electron chi connectivity index (χ4n) is 8.09. The van der Waals surface area contributed by atoms with Gasteiger partial charge in [0.1, 0.15) is 37.5 Å². The van der Waals surface area contributed by atoms with E-state index in [0.29, 0.717) is 30.3 Å². The molecule has 0 unspecified atom stereocenters. The number of hydrogen-bond donors (Lipinski definition) is 0. The van der Waals surface area contributed by atoms with Crippen LogP contribution >= 0.6 is 22.7 Å². The molecule has 0 spiro atoms. The maximum absolute atomic E-state index is 14.5. The maximum atomic E-state index is 14.5. The molecular weight excluding hydrogens is 877 g/mol. The minimum absolute atomic E-state index is 0.0240. The Morgan fingerprint density at radius 3 is 1.12 bits per heavy atom. The molecule has 14 nitrogen and oxygen atoms in total. The molecule has 0 N–H and O–H groups in total. The predicted octanol–water partition coefficient (Wildman–Crippen LogP) is 9.65. The maximum Gasteiger partial charge on any atom is 0.419 e. The van der Waals surface area contributed by atoms with Crippen molar-refractivity contribution in [3.05, 3.63) is 174 Å². The highest BCUT2D eigenvalue weighted by Gasteiger charge is 2.37. The number of carbonyl (C=O) groups excluding carboxylic acids is 6. The molecule has 16 heteroatoms. The minimum Gasteiger partial charge on any atom is -0.444 e. The molecule has 0 aliphatic heterocycles. The number of nitriles is 4.